The SMILES string of the molecule is CCCCCCCCCCCCSC(N)=S.[Na]. The van der Waals surface area contributed by atoms with Gasteiger partial charge in [0, 0.05) is 35.3 Å². The summed E-state index contributed by atoms with van der Waals surface area (Å²) in [6.45, 7) is 2.27. The summed E-state index contributed by atoms with van der Waals surface area (Å²) in [5, 5.41) is 0. The standard InChI is InChI=1S/C13H27NS2.Na/c1-2-3-4-5-6-7-8-9-10-11-12-16-13(14)15;/h2-12H2,1H3,(H2,14,15);. The van der Waals surface area contributed by atoms with Gasteiger partial charge >= 0.3 is 0 Å². The molecule has 0 aromatic carbocycles. The fraction of sp³-hybridized carbons (Fsp3) is 0.923. The van der Waals surface area contributed by atoms with Crippen LogP contribution in [-0.4, -0.2) is 39.6 Å². The fourth-order valence-corrected chi connectivity index (χ4v) is 2.56. The molecule has 0 spiro atoms. The zero-order chi connectivity index (χ0) is 12.1. The zero-order valence-corrected chi connectivity index (χ0v) is 15.3. The first-order valence-corrected chi connectivity index (χ1v) is 8.09. The summed E-state index contributed by atoms with van der Waals surface area (Å²) < 4.78 is 0.593. The summed E-state index contributed by atoms with van der Waals surface area (Å²) in [5.41, 5.74) is 5.41. The van der Waals surface area contributed by atoms with E-state index >= 15 is 0 Å². The molecule has 0 atom stereocenters. The molecule has 97 valence electrons. The third kappa shape index (κ3) is 19.7. The molecule has 0 fully saturated rings. The van der Waals surface area contributed by atoms with E-state index in [0.717, 1.165) is 5.75 Å². The van der Waals surface area contributed by atoms with Gasteiger partial charge in [-0.3, -0.25) is 0 Å². The van der Waals surface area contributed by atoms with E-state index in [1.165, 1.54) is 64.2 Å². The van der Waals surface area contributed by atoms with Crippen LogP contribution in [0.15, 0.2) is 0 Å². The van der Waals surface area contributed by atoms with Gasteiger partial charge in [-0.15, -0.1) is 0 Å². The molecule has 0 bridgehead atoms. The normalized spacial score (nSPS) is 9.94. The van der Waals surface area contributed by atoms with Crippen LogP contribution in [0.5, 0.6) is 0 Å². The predicted molar refractivity (Wildman–Crippen MR) is 86.8 cm³/mol. The van der Waals surface area contributed by atoms with Crippen LogP contribution in [0.1, 0.15) is 71.1 Å². The largest absolute Gasteiger partial charge is 0.385 e. The van der Waals surface area contributed by atoms with Gasteiger partial charge in [-0.2, -0.15) is 0 Å². The molecule has 0 saturated heterocycles. The molecule has 0 amide bonds. The van der Waals surface area contributed by atoms with Crippen LogP contribution in [0, 0.1) is 0 Å². The molecule has 0 aliphatic rings. The van der Waals surface area contributed by atoms with Crippen molar-refractivity contribution in [2.24, 2.45) is 5.73 Å². The molecule has 0 aromatic rings. The van der Waals surface area contributed by atoms with Gasteiger partial charge in [-0.05, 0) is 6.42 Å². The molecule has 0 aliphatic heterocycles. The molecule has 0 aromatic heterocycles. The first-order chi connectivity index (χ1) is 7.77. The Hall–Kier alpha value is 1.24. The van der Waals surface area contributed by atoms with Gasteiger partial charge < -0.3 is 5.73 Å². The molecule has 4 heteroatoms. The molecule has 0 saturated carbocycles. The van der Waals surface area contributed by atoms with Crippen molar-refractivity contribution in [3.63, 3.8) is 0 Å². The van der Waals surface area contributed by atoms with Crippen molar-refractivity contribution in [3.05, 3.63) is 0 Å². The van der Waals surface area contributed by atoms with Crippen molar-refractivity contribution in [1.82, 2.24) is 0 Å². The molecular formula is C13H27NNaS2. The van der Waals surface area contributed by atoms with E-state index in [2.05, 4.69) is 6.92 Å². The maximum atomic E-state index is 5.41. The second-order valence-electron chi connectivity index (χ2n) is 4.35. The Morgan fingerprint density at radius 2 is 1.29 bits per heavy atom. The molecule has 0 heterocycles. The van der Waals surface area contributed by atoms with Crippen LogP contribution in [0.4, 0.5) is 0 Å². The van der Waals surface area contributed by atoms with Crippen LogP contribution in [0.2, 0.25) is 0 Å². The van der Waals surface area contributed by atoms with Crippen molar-refractivity contribution in [2.45, 2.75) is 71.1 Å². The van der Waals surface area contributed by atoms with E-state index in [1.54, 1.807) is 11.8 Å². The Morgan fingerprint density at radius 3 is 1.71 bits per heavy atom. The van der Waals surface area contributed by atoms with E-state index in [9.17, 15) is 0 Å². The van der Waals surface area contributed by atoms with Crippen LogP contribution < -0.4 is 5.73 Å². The number of thioether (sulfide) groups is 1. The summed E-state index contributed by atoms with van der Waals surface area (Å²) in [4.78, 5) is 0. The third-order valence-electron chi connectivity index (χ3n) is 2.74. The van der Waals surface area contributed by atoms with Crippen LogP contribution >= 0.6 is 24.0 Å². The van der Waals surface area contributed by atoms with E-state index in [-0.39, 0.29) is 29.6 Å². The maximum Gasteiger partial charge on any atom is 0.131 e. The van der Waals surface area contributed by atoms with E-state index in [0.29, 0.717) is 4.32 Å². The molecule has 17 heavy (non-hydrogen) atoms. The molecule has 1 nitrogen and oxygen atoms in total. The van der Waals surface area contributed by atoms with Gasteiger partial charge in [0.25, 0.3) is 0 Å². The second kappa shape index (κ2) is 17.2. The predicted octanol–water partition coefficient (Wildman–Crippen LogP) is 4.50. The number of thiocarbonyl (C=S) groups is 1. The molecular weight excluding hydrogens is 257 g/mol. The van der Waals surface area contributed by atoms with Gasteiger partial charge in [0.05, 0.1) is 0 Å². The van der Waals surface area contributed by atoms with Crippen molar-refractivity contribution in [2.75, 3.05) is 5.75 Å². The van der Waals surface area contributed by atoms with Crippen molar-refractivity contribution in [1.29, 1.82) is 0 Å². The minimum Gasteiger partial charge on any atom is -0.385 e. The summed E-state index contributed by atoms with van der Waals surface area (Å²) in [6, 6.07) is 0. The molecule has 1 radical (unpaired) electrons. The molecule has 0 aliphatic carbocycles. The monoisotopic (exact) mass is 284 g/mol. The number of rotatable bonds is 11. The Bertz CT molecular complexity index is 165. The van der Waals surface area contributed by atoms with Crippen molar-refractivity contribution < 1.29 is 0 Å². The summed E-state index contributed by atoms with van der Waals surface area (Å²) in [6.07, 6.45) is 13.9. The fourth-order valence-electron chi connectivity index (χ4n) is 1.76. The second-order valence-corrected chi connectivity index (χ2v) is 6.18. The summed E-state index contributed by atoms with van der Waals surface area (Å²) >= 11 is 6.42. The van der Waals surface area contributed by atoms with Gasteiger partial charge in [0.1, 0.15) is 4.32 Å². The average molecular weight is 284 g/mol. The van der Waals surface area contributed by atoms with Gasteiger partial charge in [-0.1, -0.05) is 88.7 Å². The smallest absolute Gasteiger partial charge is 0.131 e. The molecule has 0 unspecified atom stereocenters. The Kier molecular flexibility index (Phi) is 20.8. The average Bonchev–Trinajstić information content (AvgIpc) is 2.25. The minimum absolute atomic E-state index is 0. The first kappa shape index (κ1) is 20.6. The number of hydrogen-bond donors (Lipinski definition) is 1. The number of hydrogen-bond acceptors (Lipinski definition) is 2. The zero-order valence-electron chi connectivity index (χ0n) is 11.7. The summed E-state index contributed by atoms with van der Waals surface area (Å²) in [5.74, 6) is 1.10. The van der Waals surface area contributed by atoms with Gasteiger partial charge in [-0.25, -0.2) is 0 Å². The van der Waals surface area contributed by atoms with E-state index < -0.39 is 0 Å². The number of unbranched alkanes of at least 4 members (excludes halogenated alkanes) is 9. The van der Waals surface area contributed by atoms with Crippen molar-refractivity contribution in [3.8, 4) is 0 Å². The van der Waals surface area contributed by atoms with Crippen molar-refractivity contribution >= 4 is 57.9 Å². The van der Waals surface area contributed by atoms with Crippen LogP contribution in [-0.2, 0) is 0 Å². The Morgan fingerprint density at radius 1 is 0.882 bits per heavy atom. The van der Waals surface area contributed by atoms with E-state index in [1.807, 2.05) is 0 Å². The van der Waals surface area contributed by atoms with Gasteiger partial charge in [0.2, 0.25) is 0 Å². The van der Waals surface area contributed by atoms with Crippen LogP contribution in [0.25, 0.3) is 0 Å². The van der Waals surface area contributed by atoms with E-state index in [4.69, 9.17) is 18.0 Å². The summed E-state index contributed by atoms with van der Waals surface area (Å²) in [7, 11) is 0. The third-order valence-corrected chi connectivity index (χ3v) is 3.87. The van der Waals surface area contributed by atoms with Crippen LogP contribution in [0.3, 0.4) is 0 Å². The number of nitrogens with two attached hydrogens (primary N) is 1. The molecule has 0 rings (SSSR count). The topological polar surface area (TPSA) is 26.0 Å². The Balaban J connectivity index is 0. The quantitative estimate of drug-likeness (QED) is 0.343. The van der Waals surface area contributed by atoms with Gasteiger partial charge in [0.15, 0.2) is 0 Å². The minimum atomic E-state index is 0. The Labute approximate surface area is 139 Å². The first-order valence-electron chi connectivity index (χ1n) is 6.69. The maximum absolute atomic E-state index is 5.41. The molecule has 2 N–H and O–H groups in total.